The van der Waals surface area contributed by atoms with Crippen molar-refractivity contribution in [2.45, 2.75) is 45.7 Å². The normalized spacial score (nSPS) is 17.8. The van der Waals surface area contributed by atoms with Crippen LogP contribution < -0.4 is 10.6 Å². The minimum Gasteiger partial charge on any atom is -0.350 e. The Kier molecular flexibility index (Phi) is 5.40. The van der Waals surface area contributed by atoms with E-state index in [0.29, 0.717) is 34.8 Å². The highest BCUT2D eigenvalue weighted by molar-refractivity contribution is 6.32. The van der Waals surface area contributed by atoms with Gasteiger partial charge in [0.25, 0.3) is 11.8 Å². The molecule has 34 heavy (non-hydrogen) atoms. The van der Waals surface area contributed by atoms with Gasteiger partial charge < -0.3 is 15.2 Å². The Bertz CT molecular complexity index is 1390. The molecule has 2 aromatic carbocycles. The number of nitrogens with one attached hydrogen (secondary N) is 3. The number of rotatable bonds is 4. The fourth-order valence-electron chi connectivity index (χ4n) is 4.79. The molecule has 174 valence electrons. The maximum Gasteiger partial charge on any atom is 0.272 e. The third kappa shape index (κ3) is 3.64. The van der Waals surface area contributed by atoms with E-state index in [0.717, 1.165) is 27.6 Å². The Morgan fingerprint density at radius 1 is 1.21 bits per heavy atom. The molecule has 0 radical (unpaired) electrons. The van der Waals surface area contributed by atoms with Crippen LogP contribution in [-0.2, 0) is 22.6 Å². The maximum atomic E-state index is 13.1. The van der Waals surface area contributed by atoms with Crippen LogP contribution in [0.25, 0.3) is 10.9 Å². The number of halogens is 1. The number of hydrogen-bond acceptors (Lipinski definition) is 4. The number of aryl methyl sites for hydroxylation is 2. The molecule has 0 aliphatic carbocycles. The summed E-state index contributed by atoms with van der Waals surface area (Å²) in [5.41, 5.74) is 4.90. The van der Waals surface area contributed by atoms with Crippen molar-refractivity contribution in [3.8, 4) is 0 Å². The number of aromatic amines is 1. The number of aromatic nitrogens is 1. The van der Waals surface area contributed by atoms with Crippen molar-refractivity contribution in [3.63, 3.8) is 0 Å². The van der Waals surface area contributed by atoms with Gasteiger partial charge in [0.2, 0.25) is 11.8 Å². The van der Waals surface area contributed by atoms with Crippen LogP contribution in [-0.4, -0.2) is 39.6 Å². The number of amides is 4. The average molecular weight is 479 g/mol. The first-order valence-electron chi connectivity index (χ1n) is 11.2. The summed E-state index contributed by atoms with van der Waals surface area (Å²) in [5, 5.41) is 6.79. The first-order chi connectivity index (χ1) is 16.3. The minimum absolute atomic E-state index is 0.201. The topological polar surface area (TPSA) is 111 Å². The molecule has 1 atom stereocenters. The highest BCUT2D eigenvalue weighted by atomic mass is 35.5. The molecular formula is C25H23ClN4O4. The molecule has 3 heterocycles. The second-order valence-corrected chi connectivity index (χ2v) is 9.11. The Hall–Kier alpha value is -3.65. The number of fused-ring (bicyclic) bond motifs is 2. The fraction of sp³-hybridized carbons (Fsp3) is 0.280. The first-order valence-corrected chi connectivity index (χ1v) is 11.5. The van der Waals surface area contributed by atoms with E-state index in [1.807, 2.05) is 26.0 Å². The smallest absolute Gasteiger partial charge is 0.272 e. The van der Waals surface area contributed by atoms with Crippen molar-refractivity contribution in [2.24, 2.45) is 0 Å². The van der Waals surface area contributed by atoms with Crippen molar-refractivity contribution in [2.75, 3.05) is 5.32 Å². The summed E-state index contributed by atoms with van der Waals surface area (Å²) in [6, 6.07) is 8.23. The van der Waals surface area contributed by atoms with Crippen LogP contribution in [0.5, 0.6) is 0 Å². The molecule has 4 amide bonds. The van der Waals surface area contributed by atoms with Crippen LogP contribution in [0.2, 0.25) is 5.02 Å². The van der Waals surface area contributed by atoms with Gasteiger partial charge in [0.15, 0.2) is 0 Å². The van der Waals surface area contributed by atoms with E-state index in [4.69, 9.17) is 11.6 Å². The van der Waals surface area contributed by atoms with Gasteiger partial charge in [-0.1, -0.05) is 18.5 Å². The van der Waals surface area contributed by atoms with Gasteiger partial charge in [-0.2, -0.15) is 0 Å². The molecule has 8 nitrogen and oxygen atoms in total. The molecule has 0 spiro atoms. The summed E-state index contributed by atoms with van der Waals surface area (Å²) >= 11 is 6.30. The van der Waals surface area contributed by atoms with Crippen molar-refractivity contribution in [1.29, 1.82) is 0 Å². The van der Waals surface area contributed by atoms with Gasteiger partial charge in [-0.25, -0.2) is 0 Å². The summed E-state index contributed by atoms with van der Waals surface area (Å²) in [5.74, 6) is -1.31. The molecule has 1 fully saturated rings. The summed E-state index contributed by atoms with van der Waals surface area (Å²) in [7, 11) is 0. The Morgan fingerprint density at radius 3 is 2.74 bits per heavy atom. The highest BCUT2D eigenvalue weighted by Gasteiger charge is 2.39. The Morgan fingerprint density at radius 2 is 2.00 bits per heavy atom. The summed E-state index contributed by atoms with van der Waals surface area (Å²) in [6.07, 6.45) is 1.16. The van der Waals surface area contributed by atoms with Crippen LogP contribution in [0.4, 0.5) is 5.69 Å². The second-order valence-electron chi connectivity index (χ2n) is 8.71. The average Bonchev–Trinajstić information content (AvgIpc) is 3.31. The Labute approximate surface area is 200 Å². The largest absolute Gasteiger partial charge is 0.350 e. The molecule has 3 N–H and O–H groups in total. The molecule has 5 rings (SSSR count). The van der Waals surface area contributed by atoms with E-state index in [1.165, 1.54) is 4.90 Å². The van der Waals surface area contributed by atoms with Gasteiger partial charge in [0.05, 0.1) is 0 Å². The van der Waals surface area contributed by atoms with Gasteiger partial charge in [-0.3, -0.25) is 24.5 Å². The number of hydrogen-bond donors (Lipinski definition) is 3. The van der Waals surface area contributed by atoms with Crippen molar-refractivity contribution in [1.82, 2.24) is 15.2 Å². The zero-order valence-electron chi connectivity index (χ0n) is 18.8. The summed E-state index contributed by atoms with van der Waals surface area (Å²) < 4.78 is 0. The molecule has 1 aromatic heterocycles. The predicted octanol–water partition coefficient (Wildman–Crippen LogP) is 3.71. The minimum atomic E-state index is -0.676. The second kappa shape index (κ2) is 8.29. The fourth-order valence-corrected chi connectivity index (χ4v) is 4.95. The van der Waals surface area contributed by atoms with Crippen LogP contribution in [0.1, 0.15) is 57.3 Å². The molecule has 0 saturated carbocycles. The van der Waals surface area contributed by atoms with Gasteiger partial charge in [-0.15, -0.1) is 0 Å². The van der Waals surface area contributed by atoms with Crippen LogP contribution >= 0.6 is 11.6 Å². The summed E-state index contributed by atoms with van der Waals surface area (Å²) in [4.78, 5) is 54.4. The van der Waals surface area contributed by atoms with Crippen LogP contribution in [0.3, 0.4) is 0 Å². The number of H-pyrrole nitrogens is 1. The third-order valence-electron chi connectivity index (χ3n) is 6.55. The van der Waals surface area contributed by atoms with E-state index >= 15 is 0 Å². The van der Waals surface area contributed by atoms with Crippen LogP contribution in [0.15, 0.2) is 30.3 Å². The lowest BCUT2D eigenvalue weighted by atomic mass is 10.0. The molecule has 3 aromatic rings. The first kappa shape index (κ1) is 22.2. The SMILES string of the molecule is CCc1c(C(=O)Nc2ccc3c(c2)CN(C2CCC(=O)NC2=O)C3=O)[nH]c2cc(C)c(Cl)cc12. The van der Waals surface area contributed by atoms with E-state index in [9.17, 15) is 19.2 Å². The highest BCUT2D eigenvalue weighted by Crippen LogP contribution is 2.31. The van der Waals surface area contributed by atoms with Crippen molar-refractivity contribution in [3.05, 3.63) is 63.3 Å². The standard InChI is InChI=1S/C25H23ClN4O4/c1-3-15-17-10-18(26)12(2)8-19(17)28-22(15)24(33)27-14-4-5-16-13(9-14)11-30(25(16)34)20-6-7-21(31)29-23(20)32/h4-5,8-10,20,28H,3,6-7,11H2,1-2H3,(H,27,33)(H,29,31,32). The number of carbonyl (C=O) groups excluding carboxylic acids is 4. The molecule has 1 saturated heterocycles. The molecule has 2 aliphatic rings. The third-order valence-corrected chi connectivity index (χ3v) is 6.95. The number of benzene rings is 2. The van der Waals surface area contributed by atoms with E-state index in [2.05, 4.69) is 15.6 Å². The number of piperidine rings is 1. The molecule has 0 bridgehead atoms. The number of carbonyl (C=O) groups is 4. The lowest BCUT2D eigenvalue weighted by molar-refractivity contribution is -0.136. The van der Waals surface area contributed by atoms with E-state index in [-0.39, 0.29) is 30.7 Å². The number of nitrogens with zero attached hydrogens (tertiary/aromatic N) is 1. The lowest BCUT2D eigenvalue weighted by Gasteiger charge is -2.29. The van der Waals surface area contributed by atoms with Gasteiger partial charge >= 0.3 is 0 Å². The van der Waals surface area contributed by atoms with E-state index < -0.39 is 11.9 Å². The Balaban J connectivity index is 1.39. The zero-order valence-corrected chi connectivity index (χ0v) is 19.5. The van der Waals surface area contributed by atoms with Gasteiger partial charge in [0.1, 0.15) is 11.7 Å². The number of anilines is 1. The summed E-state index contributed by atoms with van der Waals surface area (Å²) in [6.45, 7) is 4.14. The zero-order chi connectivity index (χ0) is 24.1. The quantitative estimate of drug-likeness (QED) is 0.496. The van der Waals surface area contributed by atoms with Crippen molar-refractivity contribution < 1.29 is 19.2 Å². The van der Waals surface area contributed by atoms with Gasteiger partial charge in [0, 0.05) is 40.1 Å². The van der Waals surface area contributed by atoms with E-state index in [1.54, 1.807) is 18.2 Å². The monoisotopic (exact) mass is 478 g/mol. The van der Waals surface area contributed by atoms with Crippen molar-refractivity contribution >= 4 is 51.8 Å². The van der Waals surface area contributed by atoms with Gasteiger partial charge in [-0.05, 0) is 66.8 Å². The molecular weight excluding hydrogens is 456 g/mol. The number of imide groups is 1. The maximum absolute atomic E-state index is 13.1. The lowest BCUT2D eigenvalue weighted by Crippen LogP contribution is -2.52. The molecule has 2 aliphatic heterocycles. The van der Waals surface area contributed by atoms with Crippen LogP contribution in [0, 0.1) is 6.92 Å². The molecule has 1 unspecified atom stereocenters. The predicted molar refractivity (Wildman–Crippen MR) is 128 cm³/mol. The molecule has 9 heteroatoms.